The number of aromatic nitrogens is 4. The lowest BCUT2D eigenvalue weighted by atomic mass is 10.3. The summed E-state index contributed by atoms with van der Waals surface area (Å²) in [6.45, 7) is 0. The molecule has 6 nitrogen and oxygen atoms in total. The highest BCUT2D eigenvalue weighted by molar-refractivity contribution is 7.99. The van der Waals surface area contributed by atoms with Crippen LogP contribution in [-0.4, -0.2) is 25.6 Å². The van der Waals surface area contributed by atoms with Gasteiger partial charge >= 0.3 is 0 Å². The SMILES string of the molecule is Cn1ncnc1Sc1ccc(C(=N)N)cn1. The molecule has 0 amide bonds. The highest BCUT2D eigenvalue weighted by atomic mass is 32.2. The summed E-state index contributed by atoms with van der Waals surface area (Å²) < 4.78 is 1.67. The molecule has 0 fully saturated rings. The maximum absolute atomic E-state index is 7.24. The number of hydrogen-bond donors (Lipinski definition) is 2. The molecule has 2 aromatic heterocycles. The van der Waals surface area contributed by atoms with E-state index in [1.54, 1.807) is 23.0 Å². The van der Waals surface area contributed by atoms with Gasteiger partial charge in [-0.15, -0.1) is 0 Å². The van der Waals surface area contributed by atoms with E-state index in [0.717, 1.165) is 10.2 Å². The van der Waals surface area contributed by atoms with Crippen LogP contribution in [0.4, 0.5) is 0 Å². The third kappa shape index (κ3) is 2.19. The maximum Gasteiger partial charge on any atom is 0.192 e. The predicted octanol–water partition coefficient (Wildman–Crippen LogP) is 0.645. The second-order valence-electron chi connectivity index (χ2n) is 3.07. The topological polar surface area (TPSA) is 93.5 Å². The van der Waals surface area contributed by atoms with Gasteiger partial charge in [-0.05, 0) is 23.9 Å². The van der Waals surface area contributed by atoms with E-state index < -0.39 is 0 Å². The van der Waals surface area contributed by atoms with E-state index in [0.29, 0.717) is 5.56 Å². The van der Waals surface area contributed by atoms with Crippen LogP contribution in [0.2, 0.25) is 0 Å². The summed E-state index contributed by atoms with van der Waals surface area (Å²) >= 11 is 1.41. The van der Waals surface area contributed by atoms with Crippen LogP contribution >= 0.6 is 11.8 Å². The standard InChI is InChI=1S/C9H10N6S/c1-15-9(13-5-14-15)16-7-3-2-6(4-12-7)8(10)11/h2-5H,1H3,(H3,10,11). The molecule has 0 aliphatic rings. The van der Waals surface area contributed by atoms with E-state index >= 15 is 0 Å². The first kappa shape index (κ1) is 10.6. The van der Waals surface area contributed by atoms with Gasteiger partial charge in [-0.1, -0.05) is 0 Å². The zero-order valence-electron chi connectivity index (χ0n) is 8.58. The number of hydrogen-bond acceptors (Lipinski definition) is 5. The molecule has 0 spiro atoms. The molecule has 0 unspecified atom stereocenters. The molecule has 82 valence electrons. The monoisotopic (exact) mass is 234 g/mol. The fraction of sp³-hybridized carbons (Fsp3) is 0.111. The smallest absolute Gasteiger partial charge is 0.192 e. The Morgan fingerprint density at radius 3 is 2.75 bits per heavy atom. The Bertz CT molecular complexity index is 503. The number of pyridine rings is 1. The summed E-state index contributed by atoms with van der Waals surface area (Å²) in [5.41, 5.74) is 5.95. The van der Waals surface area contributed by atoms with Crippen molar-refractivity contribution in [2.75, 3.05) is 0 Å². The molecule has 16 heavy (non-hydrogen) atoms. The predicted molar refractivity (Wildman–Crippen MR) is 60.4 cm³/mol. The molecule has 2 heterocycles. The quantitative estimate of drug-likeness (QED) is 0.600. The van der Waals surface area contributed by atoms with Gasteiger partial charge in [-0.25, -0.2) is 14.6 Å². The Balaban J connectivity index is 2.17. The summed E-state index contributed by atoms with van der Waals surface area (Å²) in [5.74, 6) is 0.0164. The van der Waals surface area contributed by atoms with Gasteiger partial charge in [0.2, 0.25) is 0 Å². The lowest BCUT2D eigenvalue weighted by molar-refractivity contribution is 0.684. The van der Waals surface area contributed by atoms with E-state index in [1.165, 1.54) is 18.1 Å². The molecular weight excluding hydrogens is 224 g/mol. The summed E-state index contributed by atoms with van der Waals surface area (Å²) in [5, 5.41) is 12.8. The lowest BCUT2D eigenvalue weighted by Crippen LogP contribution is -2.11. The van der Waals surface area contributed by atoms with Crippen LogP contribution in [0.3, 0.4) is 0 Å². The number of nitrogen functional groups attached to an aromatic ring is 1. The van der Waals surface area contributed by atoms with Crippen LogP contribution < -0.4 is 5.73 Å². The molecule has 0 atom stereocenters. The molecule has 0 saturated carbocycles. The van der Waals surface area contributed by atoms with Crippen LogP contribution in [0, 0.1) is 5.41 Å². The normalized spacial score (nSPS) is 10.3. The van der Waals surface area contributed by atoms with Crippen molar-refractivity contribution in [2.45, 2.75) is 10.2 Å². The second-order valence-corrected chi connectivity index (χ2v) is 4.05. The van der Waals surface area contributed by atoms with E-state index in [2.05, 4.69) is 15.1 Å². The average molecular weight is 234 g/mol. The van der Waals surface area contributed by atoms with Crippen molar-refractivity contribution in [1.82, 2.24) is 19.7 Å². The highest BCUT2D eigenvalue weighted by Gasteiger charge is 2.05. The van der Waals surface area contributed by atoms with Crippen molar-refractivity contribution >= 4 is 17.6 Å². The zero-order valence-corrected chi connectivity index (χ0v) is 9.40. The largest absolute Gasteiger partial charge is 0.384 e. The van der Waals surface area contributed by atoms with E-state index in [1.807, 2.05) is 7.05 Å². The molecule has 0 aliphatic heterocycles. The molecule has 2 rings (SSSR count). The lowest BCUT2D eigenvalue weighted by Gasteiger charge is -2.01. The fourth-order valence-electron chi connectivity index (χ4n) is 1.07. The molecule has 0 saturated heterocycles. The van der Waals surface area contributed by atoms with Gasteiger partial charge in [0.05, 0.1) is 0 Å². The van der Waals surface area contributed by atoms with Gasteiger partial charge in [-0.3, -0.25) is 5.41 Å². The molecule has 0 aromatic carbocycles. The minimum atomic E-state index is 0.0164. The number of amidine groups is 1. The van der Waals surface area contributed by atoms with Crippen molar-refractivity contribution in [3.8, 4) is 0 Å². The molecular formula is C9H10N6S. The van der Waals surface area contributed by atoms with Gasteiger partial charge in [0, 0.05) is 18.8 Å². The number of nitrogens with one attached hydrogen (secondary N) is 1. The first-order chi connectivity index (χ1) is 7.66. The van der Waals surface area contributed by atoms with Gasteiger partial charge in [0.15, 0.2) is 5.16 Å². The van der Waals surface area contributed by atoms with Gasteiger partial charge in [0.25, 0.3) is 0 Å². The number of nitrogens with two attached hydrogens (primary N) is 1. The maximum atomic E-state index is 7.24. The molecule has 7 heteroatoms. The third-order valence-electron chi connectivity index (χ3n) is 1.91. The van der Waals surface area contributed by atoms with Crippen molar-refractivity contribution in [2.24, 2.45) is 12.8 Å². The summed E-state index contributed by atoms with van der Waals surface area (Å²) in [6.07, 6.45) is 3.06. The van der Waals surface area contributed by atoms with Gasteiger partial charge in [-0.2, -0.15) is 5.10 Å². The Labute approximate surface area is 96.4 Å². The Morgan fingerprint density at radius 2 is 2.25 bits per heavy atom. The summed E-state index contributed by atoms with van der Waals surface area (Å²) in [4.78, 5) is 8.25. The van der Waals surface area contributed by atoms with Crippen molar-refractivity contribution < 1.29 is 0 Å². The van der Waals surface area contributed by atoms with E-state index in [9.17, 15) is 0 Å². The first-order valence-corrected chi connectivity index (χ1v) is 5.31. The number of rotatable bonds is 3. The Hall–Kier alpha value is -1.89. The zero-order chi connectivity index (χ0) is 11.5. The van der Waals surface area contributed by atoms with Crippen LogP contribution in [0.15, 0.2) is 34.8 Å². The Morgan fingerprint density at radius 1 is 1.44 bits per heavy atom. The molecule has 0 bridgehead atoms. The fourth-order valence-corrected chi connectivity index (χ4v) is 1.78. The van der Waals surface area contributed by atoms with E-state index in [-0.39, 0.29) is 5.84 Å². The average Bonchev–Trinajstić information content (AvgIpc) is 2.65. The van der Waals surface area contributed by atoms with Gasteiger partial charge < -0.3 is 5.73 Å². The van der Waals surface area contributed by atoms with Crippen LogP contribution in [0.25, 0.3) is 0 Å². The minimum Gasteiger partial charge on any atom is -0.384 e. The highest BCUT2D eigenvalue weighted by Crippen LogP contribution is 2.22. The second kappa shape index (κ2) is 4.31. The summed E-state index contributed by atoms with van der Waals surface area (Å²) in [7, 11) is 1.82. The molecule has 2 aromatic rings. The number of nitrogens with zero attached hydrogens (tertiary/aromatic N) is 4. The molecule has 0 aliphatic carbocycles. The minimum absolute atomic E-state index is 0.0164. The summed E-state index contributed by atoms with van der Waals surface area (Å²) in [6, 6.07) is 3.56. The van der Waals surface area contributed by atoms with Gasteiger partial charge in [0.1, 0.15) is 17.2 Å². The molecule has 3 N–H and O–H groups in total. The van der Waals surface area contributed by atoms with Crippen LogP contribution in [-0.2, 0) is 7.05 Å². The Kier molecular flexibility index (Phi) is 2.86. The van der Waals surface area contributed by atoms with Crippen LogP contribution in [0.5, 0.6) is 0 Å². The van der Waals surface area contributed by atoms with Crippen LogP contribution in [0.1, 0.15) is 5.56 Å². The van der Waals surface area contributed by atoms with Crippen molar-refractivity contribution in [3.63, 3.8) is 0 Å². The van der Waals surface area contributed by atoms with Crippen molar-refractivity contribution in [3.05, 3.63) is 30.2 Å². The number of aryl methyl sites for hydroxylation is 1. The molecule has 0 radical (unpaired) electrons. The van der Waals surface area contributed by atoms with Crippen molar-refractivity contribution in [1.29, 1.82) is 5.41 Å². The first-order valence-electron chi connectivity index (χ1n) is 4.49. The third-order valence-corrected chi connectivity index (χ3v) is 2.92. The van der Waals surface area contributed by atoms with E-state index in [4.69, 9.17) is 11.1 Å².